The molecule has 3 atom stereocenters. The lowest BCUT2D eigenvalue weighted by molar-refractivity contribution is -0.161. The molecule has 0 aromatic rings. The molecular formula is C41H68NO9P. The maximum absolute atomic E-state index is 12.5. The molecule has 0 aromatic heterocycles. The van der Waals surface area contributed by atoms with Crippen LogP contribution in [-0.4, -0.2) is 60.5 Å². The highest BCUT2D eigenvalue weighted by atomic mass is 31.2. The Hall–Kier alpha value is -2.85. The zero-order chi connectivity index (χ0) is 38.4. The van der Waals surface area contributed by atoms with E-state index in [1.165, 1.54) is 0 Å². The number of carbonyl (C=O) groups excluding carboxylic acids is 2. The smallest absolute Gasteiger partial charge is 0.462 e. The molecule has 4 N–H and O–H groups in total. The number of esters is 2. The maximum atomic E-state index is 12.5. The van der Waals surface area contributed by atoms with Gasteiger partial charge in [0.15, 0.2) is 6.10 Å². The zero-order valence-corrected chi connectivity index (χ0v) is 32.8. The van der Waals surface area contributed by atoms with Crippen LogP contribution in [0.1, 0.15) is 123 Å². The minimum absolute atomic E-state index is 0.0274. The molecule has 296 valence electrons. The lowest BCUT2D eigenvalue weighted by atomic mass is 10.1. The number of hydrogen-bond donors (Lipinski definition) is 3. The second-order valence-electron chi connectivity index (χ2n) is 12.2. The van der Waals surface area contributed by atoms with Gasteiger partial charge in [-0.15, -0.1) is 0 Å². The molecule has 0 aliphatic rings. The van der Waals surface area contributed by atoms with Gasteiger partial charge < -0.3 is 25.2 Å². The Balaban J connectivity index is 4.40. The monoisotopic (exact) mass is 749 g/mol. The van der Waals surface area contributed by atoms with Gasteiger partial charge in [0, 0.05) is 19.4 Å². The Morgan fingerprint density at radius 2 is 1.23 bits per heavy atom. The van der Waals surface area contributed by atoms with Crippen LogP contribution in [0.4, 0.5) is 0 Å². The second-order valence-corrected chi connectivity index (χ2v) is 13.7. The number of aliphatic hydroxyl groups is 1. The molecule has 0 fully saturated rings. The normalized spacial score (nSPS) is 14.9. The number of phosphoric acid groups is 1. The summed E-state index contributed by atoms with van der Waals surface area (Å²) in [5.74, 6) is -0.966. The van der Waals surface area contributed by atoms with Gasteiger partial charge >= 0.3 is 19.8 Å². The first-order chi connectivity index (χ1) is 25.2. The first kappa shape index (κ1) is 49.1. The van der Waals surface area contributed by atoms with E-state index in [1.807, 2.05) is 18.2 Å². The van der Waals surface area contributed by atoms with E-state index in [-0.39, 0.29) is 32.6 Å². The van der Waals surface area contributed by atoms with E-state index in [1.54, 1.807) is 6.08 Å². The summed E-state index contributed by atoms with van der Waals surface area (Å²) < 4.78 is 32.6. The van der Waals surface area contributed by atoms with E-state index in [0.29, 0.717) is 19.3 Å². The van der Waals surface area contributed by atoms with E-state index in [0.717, 1.165) is 77.0 Å². The molecule has 0 amide bonds. The molecule has 0 bridgehead atoms. The van der Waals surface area contributed by atoms with Gasteiger partial charge in [0.25, 0.3) is 0 Å². The minimum atomic E-state index is -4.41. The van der Waals surface area contributed by atoms with Crippen molar-refractivity contribution in [2.45, 2.75) is 135 Å². The number of allylic oxidation sites excluding steroid dienone is 13. The Kier molecular flexibility index (Phi) is 34.5. The fourth-order valence-corrected chi connectivity index (χ4v) is 5.34. The molecule has 0 rings (SSSR count). The first-order valence-corrected chi connectivity index (χ1v) is 20.7. The van der Waals surface area contributed by atoms with Gasteiger partial charge in [0.1, 0.15) is 6.61 Å². The predicted octanol–water partition coefficient (Wildman–Crippen LogP) is 9.46. The summed E-state index contributed by atoms with van der Waals surface area (Å²) in [5.41, 5.74) is 5.32. The van der Waals surface area contributed by atoms with Crippen LogP contribution in [0.15, 0.2) is 85.1 Å². The van der Waals surface area contributed by atoms with Crippen LogP contribution in [0, 0.1) is 0 Å². The van der Waals surface area contributed by atoms with Crippen molar-refractivity contribution in [2.75, 3.05) is 26.4 Å². The molecule has 0 aromatic carbocycles. The minimum Gasteiger partial charge on any atom is -0.462 e. The highest BCUT2D eigenvalue weighted by molar-refractivity contribution is 7.47. The van der Waals surface area contributed by atoms with E-state index in [2.05, 4.69) is 74.6 Å². The SMILES string of the molecule is CC/C=C\C/C=C\C/C=C\C/C=C\CCCCC(=O)O[C@H](COC(=O)CCCCCCCC(O)/C=C/C=C/C/C=C/CC)COP(=O)(O)OCCN. The first-order valence-electron chi connectivity index (χ1n) is 19.2. The Morgan fingerprint density at radius 1 is 0.673 bits per heavy atom. The average Bonchev–Trinajstić information content (AvgIpc) is 3.12. The summed E-state index contributed by atoms with van der Waals surface area (Å²) in [4.78, 5) is 34.7. The highest BCUT2D eigenvalue weighted by Crippen LogP contribution is 2.43. The third-order valence-corrected chi connectivity index (χ3v) is 8.36. The molecule has 0 radical (unpaired) electrons. The molecule has 0 aliphatic carbocycles. The molecule has 0 heterocycles. The number of ether oxygens (including phenoxy) is 2. The molecule has 0 saturated heterocycles. The van der Waals surface area contributed by atoms with Gasteiger partial charge in [-0.25, -0.2) is 4.57 Å². The molecule has 0 spiro atoms. The zero-order valence-electron chi connectivity index (χ0n) is 31.9. The molecule has 2 unspecified atom stereocenters. The fourth-order valence-electron chi connectivity index (χ4n) is 4.57. The lowest BCUT2D eigenvalue weighted by Crippen LogP contribution is -2.29. The van der Waals surface area contributed by atoms with Crippen molar-refractivity contribution in [1.82, 2.24) is 0 Å². The van der Waals surface area contributed by atoms with Gasteiger partial charge in [-0.3, -0.25) is 18.6 Å². The van der Waals surface area contributed by atoms with Gasteiger partial charge in [0.2, 0.25) is 0 Å². The van der Waals surface area contributed by atoms with E-state index in [9.17, 15) is 24.2 Å². The van der Waals surface area contributed by atoms with E-state index >= 15 is 0 Å². The van der Waals surface area contributed by atoms with Crippen molar-refractivity contribution in [3.05, 3.63) is 85.1 Å². The number of unbranched alkanes of at least 4 members (excludes halogenated alkanes) is 6. The molecule has 11 heteroatoms. The van der Waals surface area contributed by atoms with Crippen LogP contribution in [-0.2, 0) is 32.7 Å². The summed E-state index contributed by atoms with van der Waals surface area (Å²) in [6.07, 6.45) is 40.7. The van der Waals surface area contributed by atoms with Crippen LogP contribution in [0.5, 0.6) is 0 Å². The lowest BCUT2D eigenvalue weighted by Gasteiger charge is -2.19. The summed E-state index contributed by atoms with van der Waals surface area (Å²) >= 11 is 0. The summed E-state index contributed by atoms with van der Waals surface area (Å²) in [7, 11) is -4.41. The van der Waals surface area contributed by atoms with Gasteiger partial charge in [0.05, 0.1) is 19.3 Å². The molecule has 52 heavy (non-hydrogen) atoms. The van der Waals surface area contributed by atoms with Crippen molar-refractivity contribution in [3.63, 3.8) is 0 Å². The van der Waals surface area contributed by atoms with Crippen LogP contribution >= 0.6 is 7.82 Å². The largest absolute Gasteiger partial charge is 0.472 e. The quantitative estimate of drug-likeness (QED) is 0.0191. The third kappa shape index (κ3) is 35.5. The molecular weight excluding hydrogens is 681 g/mol. The number of phosphoric ester groups is 1. The Labute approximate surface area is 314 Å². The summed E-state index contributed by atoms with van der Waals surface area (Å²) in [5, 5.41) is 10.1. The maximum Gasteiger partial charge on any atom is 0.472 e. The van der Waals surface area contributed by atoms with Gasteiger partial charge in [-0.05, 0) is 70.6 Å². The van der Waals surface area contributed by atoms with Crippen LogP contribution in [0.2, 0.25) is 0 Å². The van der Waals surface area contributed by atoms with Crippen molar-refractivity contribution in [3.8, 4) is 0 Å². The van der Waals surface area contributed by atoms with Crippen LogP contribution in [0.3, 0.4) is 0 Å². The number of carbonyl (C=O) groups is 2. The van der Waals surface area contributed by atoms with Crippen molar-refractivity contribution in [1.29, 1.82) is 0 Å². The summed E-state index contributed by atoms with van der Waals surface area (Å²) in [6.45, 7) is 3.28. The standard InChI is InChI=1S/C41H68NO9P/c1-3-5-7-9-11-12-13-14-15-16-17-18-20-24-29-33-41(45)51-39(37-50-52(46,47)49-35-34-42)36-48-40(44)32-28-25-21-23-27-31-38(43)30-26-22-19-10-8-6-4-2/h5-8,11-12,14-15,17-19,22,26,30,38-39,43H,3-4,9-10,13,16,20-21,23-25,27-29,31-37,42H2,1-2H3,(H,46,47)/b7-5-,8-6+,12-11-,15-14-,18-17-,22-19+,30-26+/t38?,39-/m1/s1. The average molecular weight is 750 g/mol. The second kappa shape index (κ2) is 36.5. The van der Waals surface area contributed by atoms with Gasteiger partial charge in [-0.1, -0.05) is 125 Å². The number of aliphatic hydroxyl groups excluding tert-OH is 1. The topological polar surface area (TPSA) is 155 Å². The van der Waals surface area contributed by atoms with Crippen molar-refractivity contribution < 1.29 is 42.7 Å². The van der Waals surface area contributed by atoms with E-state index < -0.39 is 38.6 Å². The van der Waals surface area contributed by atoms with Gasteiger partial charge in [-0.2, -0.15) is 0 Å². The molecule has 0 saturated carbocycles. The summed E-state index contributed by atoms with van der Waals surface area (Å²) in [6, 6.07) is 0. The number of rotatable bonds is 34. The van der Waals surface area contributed by atoms with Crippen LogP contribution < -0.4 is 5.73 Å². The number of nitrogens with two attached hydrogens (primary N) is 1. The highest BCUT2D eigenvalue weighted by Gasteiger charge is 2.25. The van der Waals surface area contributed by atoms with E-state index in [4.69, 9.17) is 24.3 Å². The Bertz CT molecular complexity index is 1140. The molecule has 0 aliphatic heterocycles. The van der Waals surface area contributed by atoms with Crippen molar-refractivity contribution >= 4 is 19.8 Å². The van der Waals surface area contributed by atoms with Crippen LogP contribution in [0.25, 0.3) is 0 Å². The Morgan fingerprint density at radius 3 is 1.88 bits per heavy atom. The number of hydrogen-bond acceptors (Lipinski definition) is 9. The third-order valence-electron chi connectivity index (χ3n) is 7.38. The predicted molar refractivity (Wildman–Crippen MR) is 211 cm³/mol. The fraction of sp³-hybridized carbons (Fsp3) is 0.610. The van der Waals surface area contributed by atoms with Crippen molar-refractivity contribution in [2.24, 2.45) is 5.73 Å². The molecule has 10 nitrogen and oxygen atoms in total.